The Kier molecular flexibility index (Phi) is 12.5. The number of hydrogen-bond acceptors (Lipinski definition) is 5. The summed E-state index contributed by atoms with van der Waals surface area (Å²) >= 11 is 0. The Labute approximate surface area is 551 Å². The number of hydrogen-bond donors (Lipinski definition) is 0. The highest BCUT2D eigenvalue weighted by atomic mass is 15.1. The highest BCUT2D eigenvalue weighted by Crippen LogP contribution is 2.53. The van der Waals surface area contributed by atoms with Crippen molar-refractivity contribution in [3.63, 3.8) is 0 Å². The monoisotopic (exact) mass is 1220 g/mol. The van der Waals surface area contributed by atoms with Gasteiger partial charge in [-0.1, -0.05) is 224 Å². The van der Waals surface area contributed by atoms with Gasteiger partial charge in [0.15, 0.2) is 17.5 Å². The van der Waals surface area contributed by atoms with Crippen molar-refractivity contribution in [1.82, 2.24) is 38.2 Å². The lowest BCUT2D eigenvalue weighted by molar-refractivity contribution is 1.07. The van der Waals surface area contributed by atoms with Gasteiger partial charge in [0.05, 0.1) is 61.6 Å². The Morgan fingerprint density at radius 1 is 0.240 bits per heavy atom. The third-order valence-corrected chi connectivity index (χ3v) is 19.2. The molecular weight excluding hydrogens is 1170 g/mol. The molecular formula is C87H53N9. The van der Waals surface area contributed by atoms with Gasteiger partial charge in [0.2, 0.25) is 0 Å². The molecule has 0 spiro atoms. The van der Waals surface area contributed by atoms with Gasteiger partial charge in [-0.3, -0.25) is 4.98 Å². The minimum atomic E-state index is 0.399. The van der Waals surface area contributed by atoms with Crippen molar-refractivity contribution in [3.8, 4) is 96.4 Å². The van der Waals surface area contributed by atoms with E-state index in [9.17, 15) is 5.26 Å². The smallest absolute Gasteiger partial charge is 0.165 e. The van der Waals surface area contributed by atoms with Gasteiger partial charge in [0, 0.05) is 99.7 Å². The number of pyridine rings is 1. The average Bonchev–Trinajstić information content (AvgIpc) is 1.14. The molecule has 9 nitrogen and oxygen atoms in total. The van der Waals surface area contributed by atoms with Gasteiger partial charge in [-0.25, -0.2) is 15.0 Å². The Morgan fingerprint density at radius 3 is 0.906 bits per heavy atom. The van der Waals surface area contributed by atoms with Crippen LogP contribution in [0.3, 0.4) is 0 Å². The highest BCUT2D eigenvalue weighted by molar-refractivity contribution is 6.15. The first-order valence-electron chi connectivity index (χ1n) is 32.3. The first-order chi connectivity index (χ1) is 47.6. The van der Waals surface area contributed by atoms with E-state index >= 15 is 0 Å². The van der Waals surface area contributed by atoms with E-state index in [1.54, 1.807) is 0 Å². The van der Waals surface area contributed by atoms with Crippen LogP contribution in [-0.4, -0.2) is 38.2 Å². The van der Waals surface area contributed by atoms with Crippen LogP contribution in [0.25, 0.3) is 178 Å². The fourth-order valence-corrected chi connectivity index (χ4v) is 15.1. The van der Waals surface area contributed by atoms with Gasteiger partial charge >= 0.3 is 0 Å². The average molecular weight is 1220 g/mol. The number of benzene rings is 13. The Balaban J connectivity index is 0.980. The maximum atomic E-state index is 12.8. The molecule has 19 aromatic rings. The summed E-state index contributed by atoms with van der Waals surface area (Å²) in [5.41, 5.74) is 19.6. The molecule has 0 N–H and O–H groups in total. The quantitative estimate of drug-likeness (QED) is 0.136. The van der Waals surface area contributed by atoms with E-state index < -0.39 is 0 Å². The summed E-state index contributed by atoms with van der Waals surface area (Å²) in [4.78, 5) is 21.6. The van der Waals surface area contributed by atoms with Gasteiger partial charge in [-0.15, -0.1) is 0 Å². The molecule has 0 aliphatic rings. The normalized spacial score (nSPS) is 11.7. The maximum Gasteiger partial charge on any atom is 0.165 e. The Bertz CT molecular complexity index is 6100. The molecule has 0 aliphatic heterocycles. The number of nitrogens with zero attached hydrogens (tertiary/aromatic N) is 9. The number of rotatable bonds is 10. The van der Waals surface area contributed by atoms with Crippen LogP contribution in [0.5, 0.6) is 0 Å². The van der Waals surface area contributed by atoms with Crippen LogP contribution in [0.4, 0.5) is 0 Å². The second kappa shape index (κ2) is 22.0. The predicted octanol–water partition coefficient (Wildman–Crippen LogP) is 21.5. The standard InChI is InChI=1S/C87H53N9/c88-53-71-80(55-39-45-60(46-40-55)93-72-32-14-7-25-63(72)64-26-8-15-33-73(64)93)83(87-91-85(58-21-3-1-4-22-58)90-86(92-87)59-23-5-2-6-24-59)82(57-43-49-62(50-44-57)95-76-36-18-11-29-67(76)68-30-12-19-37-77(68)95)84(96-78-38-20-13-31-69(78)70-51-52-89-54-79(70)96)81(71)56-41-47-61(48-42-56)94-74-34-16-9-27-65(74)66-28-10-17-35-75(66)94/h1-52,54H. The molecule has 96 heavy (non-hydrogen) atoms. The van der Waals surface area contributed by atoms with Crippen LogP contribution in [0.2, 0.25) is 0 Å². The van der Waals surface area contributed by atoms with Gasteiger partial charge < -0.3 is 18.3 Å². The molecule has 0 saturated carbocycles. The van der Waals surface area contributed by atoms with Crippen LogP contribution >= 0.6 is 0 Å². The summed E-state index contributed by atoms with van der Waals surface area (Å²) in [6.07, 6.45) is 3.82. The number of nitriles is 1. The van der Waals surface area contributed by atoms with E-state index in [-0.39, 0.29) is 0 Å². The highest BCUT2D eigenvalue weighted by Gasteiger charge is 2.33. The lowest BCUT2D eigenvalue weighted by Crippen LogP contribution is -2.10. The molecule has 0 bridgehead atoms. The summed E-state index contributed by atoms with van der Waals surface area (Å²) in [5.74, 6) is 1.38. The van der Waals surface area contributed by atoms with E-state index in [1.165, 1.54) is 32.3 Å². The number of para-hydroxylation sites is 7. The third kappa shape index (κ3) is 8.43. The van der Waals surface area contributed by atoms with Crippen LogP contribution < -0.4 is 0 Å². The van der Waals surface area contributed by atoms with Crippen LogP contribution in [0.15, 0.2) is 322 Å². The molecule has 9 heteroatoms. The van der Waals surface area contributed by atoms with Crippen molar-refractivity contribution in [3.05, 3.63) is 327 Å². The fourth-order valence-electron chi connectivity index (χ4n) is 15.1. The lowest BCUT2D eigenvalue weighted by atomic mass is 9.81. The van der Waals surface area contributed by atoms with Crippen molar-refractivity contribution in [1.29, 1.82) is 5.26 Å². The summed E-state index contributed by atoms with van der Waals surface area (Å²) in [6.45, 7) is 0. The molecule has 446 valence electrons. The fraction of sp³-hybridized carbons (Fsp3) is 0. The SMILES string of the molecule is N#Cc1c(-c2ccc(-n3c4ccccc4c4ccccc43)cc2)c(-c2nc(-c3ccccc3)nc(-c3ccccc3)n2)c(-c2ccc(-n3c4ccccc4c4ccccc43)cc2)c(-n2c3ccccc3c3ccncc32)c1-c1ccc(-n2c3ccccc3c3ccccc32)cc1. The zero-order valence-corrected chi connectivity index (χ0v) is 51.6. The van der Waals surface area contributed by atoms with Crippen LogP contribution in [0.1, 0.15) is 5.56 Å². The molecule has 0 fully saturated rings. The van der Waals surface area contributed by atoms with Gasteiger partial charge in [0.25, 0.3) is 0 Å². The van der Waals surface area contributed by atoms with Crippen LogP contribution in [-0.2, 0) is 0 Å². The molecule has 0 unspecified atom stereocenters. The largest absolute Gasteiger partial charge is 0.309 e. The summed E-state index contributed by atoms with van der Waals surface area (Å²) < 4.78 is 9.36. The molecule has 6 aromatic heterocycles. The lowest BCUT2D eigenvalue weighted by Gasteiger charge is -2.27. The van der Waals surface area contributed by atoms with E-state index in [1.807, 2.05) is 73.1 Å². The van der Waals surface area contributed by atoms with Crippen molar-refractivity contribution >= 4 is 87.2 Å². The minimum absolute atomic E-state index is 0.399. The first kappa shape index (κ1) is 54.4. The third-order valence-electron chi connectivity index (χ3n) is 19.2. The van der Waals surface area contributed by atoms with Gasteiger partial charge in [-0.2, -0.15) is 5.26 Å². The summed E-state index contributed by atoms with van der Waals surface area (Å²) in [5, 5.41) is 21.9. The van der Waals surface area contributed by atoms with Crippen molar-refractivity contribution < 1.29 is 0 Å². The first-order valence-corrected chi connectivity index (χ1v) is 32.3. The topological polar surface area (TPSA) is 95.1 Å². The summed E-state index contributed by atoms with van der Waals surface area (Å²) in [6, 6.07) is 112. The van der Waals surface area contributed by atoms with Gasteiger partial charge in [-0.05, 0) is 102 Å². The zero-order valence-electron chi connectivity index (χ0n) is 51.6. The molecule has 6 heterocycles. The van der Waals surface area contributed by atoms with Crippen molar-refractivity contribution in [2.24, 2.45) is 0 Å². The molecule has 19 rings (SSSR count). The Hall–Kier alpha value is -13.3. The van der Waals surface area contributed by atoms with E-state index in [0.29, 0.717) is 34.2 Å². The van der Waals surface area contributed by atoms with E-state index in [2.05, 4.69) is 273 Å². The zero-order chi connectivity index (χ0) is 63.4. The molecule has 0 aliphatic carbocycles. The maximum absolute atomic E-state index is 12.8. The minimum Gasteiger partial charge on any atom is -0.309 e. The van der Waals surface area contributed by atoms with E-state index in [4.69, 9.17) is 19.9 Å². The molecule has 0 amide bonds. The van der Waals surface area contributed by atoms with Gasteiger partial charge in [0.1, 0.15) is 6.07 Å². The molecule has 13 aromatic carbocycles. The molecule has 0 saturated heterocycles. The number of fused-ring (bicyclic) bond motifs is 12. The molecule has 0 radical (unpaired) electrons. The second-order valence-corrected chi connectivity index (χ2v) is 24.4. The van der Waals surface area contributed by atoms with Crippen LogP contribution in [0, 0.1) is 11.3 Å². The Morgan fingerprint density at radius 2 is 0.542 bits per heavy atom. The summed E-state index contributed by atoms with van der Waals surface area (Å²) in [7, 11) is 0. The molecule has 0 atom stereocenters. The van der Waals surface area contributed by atoms with E-state index in [0.717, 1.165) is 117 Å². The van der Waals surface area contributed by atoms with Crippen molar-refractivity contribution in [2.45, 2.75) is 0 Å². The predicted molar refractivity (Wildman–Crippen MR) is 392 cm³/mol. The van der Waals surface area contributed by atoms with Crippen molar-refractivity contribution in [2.75, 3.05) is 0 Å². The second-order valence-electron chi connectivity index (χ2n) is 24.4. The number of aromatic nitrogens is 8.